The molecule has 0 amide bonds. The van der Waals surface area contributed by atoms with Crippen LogP contribution in [0.3, 0.4) is 0 Å². The first-order valence-corrected chi connectivity index (χ1v) is 10.6. The Morgan fingerprint density at radius 1 is 1.30 bits per heavy atom. The second-order valence-corrected chi connectivity index (χ2v) is 11.6. The second-order valence-electron chi connectivity index (χ2n) is 6.32. The van der Waals surface area contributed by atoms with Crippen molar-refractivity contribution in [2.45, 2.75) is 44.2 Å². The maximum absolute atomic E-state index is 11.9. The minimum atomic E-state index is -1.99. The highest BCUT2D eigenvalue weighted by atomic mass is 79.9. The molecule has 0 bridgehead atoms. The van der Waals surface area contributed by atoms with E-state index >= 15 is 0 Å². The minimum Gasteiger partial charge on any atom is -0.543 e. The van der Waals surface area contributed by atoms with E-state index in [-0.39, 0.29) is 11.0 Å². The van der Waals surface area contributed by atoms with Crippen LogP contribution in [0.5, 0.6) is 5.75 Å². The van der Waals surface area contributed by atoms with Crippen molar-refractivity contribution in [3.05, 3.63) is 29.3 Å². The molecule has 1 rings (SSSR count). The molecule has 0 heterocycles. The third-order valence-electron chi connectivity index (χ3n) is 3.78. The maximum atomic E-state index is 11.9. The molecule has 1 aromatic carbocycles. The topological polar surface area (TPSA) is 35.5 Å². The van der Waals surface area contributed by atoms with Crippen LogP contribution >= 0.6 is 15.9 Å². The lowest BCUT2D eigenvalue weighted by Crippen LogP contribution is -2.44. The first-order chi connectivity index (χ1) is 9.12. The summed E-state index contributed by atoms with van der Waals surface area (Å²) in [5, 5.41) is 0.799. The average molecular weight is 359 g/mol. The number of alkyl halides is 1. The van der Waals surface area contributed by atoms with E-state index < -0.39 is 8.32 Å². The number of methoxy groups -OCH3 is 1. The van der Waals surface area contributed by atoms with Crippen LogP contribution in [0.2, 0.25) is 18.1 Å². The molecule has 0 unspecified atom stereocenters. The van der Waals surface area contributed by atoms with Gasteiger partial charge in [-0.15, -0.1) is 0 Å². The van der Waals surface area contributed by atoms with E-state index in [0.29, 0.717) is 11.3 Å². The fourth-order valence-electron chi connectivity index (χ4n) is 1.44. The van der Waals surface area contributed by atoms with E-state index in [1.807, 2.05) is 12.1 Å². The van der Waals surface area contributed by atoms with Gasteiger partial charge >= 0.3 is 5.97 Å². The fraction of sp³-hybridized carbons (Fsp3) is 0.533. The van der Waals surface area contributed by atoms with Crippen LogP contribution in [0.1, 0.15) is 36.7 Å². The summed E-state index contributed by atoms with van der Waals surface area (Å²) < 4.78 is 11.1. The SMILES string of the molecule is COC(=O)c1ccc(CBr)cc1O[Si](C)(C)C(C)(C)C. The zero-order valence-electron chi connectivity index (χ0n) is 13.0. The molecule has 0 fully saturated rings. The minimum absolute atomic E-state index is 0.0742. The van der Waals surface area contributed by atoms with Gasteiger partial charge in [0.15, 0.2) is 0 Å². The van der Waals surface area contributed by atoms with E-state index in [4.69, 9.17) is 9.16 Å². The standard InChI is InChI=1S/C15H23BrO3Si/c1-15(2,3)20(5,6)19-13-9-11(10-16)7-8-12(13)14(17)18-4/h7-9H,10H2,1-6H3. The number of esters is 1. The zero-order valence-corrected chi connectivity index (χ0v) is 15.6. The van der Waals surface area contributed by atoms with E-state index in [1.165, 1.54) is 7.11 Å². The van der Waals surface area contributed by atoms with E-state index in [1.54, 1.807) is 6.07 Å². The van der Waals surface area contributed by atoms with Crippen molar-refractivity contribution < 1.29 is 14.0 Å². The third kappa shape index (κ3) is 3.85. The Hall–Kier alpha value is -0.813. The van der Waals surface area contributed by atoms with Crippen molar-refractivity contribution in [3.63, 3.8) is 0 Å². The van der Waals surface area contributed by atoms with Crippen LogP contribution in [0.4, 0.5) is 0 Å². The van der Waals surface area contributed by atoms with Gasteiger partial charge < -0.3 is 9.16 Å². The van der Waals surface area contributed by atoms with Crippen molar-refractivity contribution in [2.75, 3.05) is 7.11 Å². The van der Waals surface area contributed by atoms with Crippen molar-refractivity contribution in [1.29, 1.82) is 0 Å². The van der Waals surface area contributed by atoms with Gasteiger partial charge in [0.05, 0.1) is 7.11 Å². The highest BCUT2D eigenvalue weighted by Crippen LogP contribution is 2.38. The number of benzene rings is 1. The van der Waals surface area contributed by atoms with Gasteiger partial charge in [0.2, 0.25) is 0 Å². The van der Waals surface area contributed by atoms with Crippen LogP contribution in [0.25, 0.3) is 0 Å². The summed E-state index contributed by atoms with van der Waals surface area (Å²) >= 11 is 3.43. The number of carbonyl (C=O) groups is 1. The van der Waals surface area contributed by atoms with Crippen LogP contribution in [0.15, 0.2) is 18.2 Å². The number of hydrogen-bond donors (Lipinski definition) is 0. The van der Waals surface area contributed by atoms with Crippen molar-refractivity contribution in [3.8, 4) is 5.75 Å². The molecule has 1 aromatic rings. The van der Waals surface area contributed by atoms with Crippen LogP contribution in [-0.4, -0.2) is 21.4 Å². The van der Waals surface area contributed by atoms with Crippen LogP contribution in [0, 0.1) is 0 Å². The molecule has 0 saturated carbocycles. The van der Waals surface area contributed by atoms with E-state index in [0.717, 1.165) is 10.9 Å². The lowest BCUT2D eigenvalue weighted by molar-refractivity contribution is 0.0598. The first-order valence-electron chi connectivity index (χ1n) is 6.58. The molecular weight excluding hydrogens is 336 g/mol. The summed E-state index contributed by atoms with van der Waals surface area (Å²) in [6.07, 6.45) is 0. The molecule has 0 N–H and O–H groups in total. The van der Waals surface area contributed by atoms with Crippen molar-refractivity contribution >= 4 is 30.2 Å². The molecule has 5 heteroatoms. The molecule has 0 saturated heterocycles. The molecule has 0 radical (unpaired) electrons. The normalized spacial score (nSPS) is 12.2. The predicted molar refractivity (Wildman–Crippen MR) is 88.2 cm³/mol. The largest absolute Gasteiger partial charge is 0.543 e. The average Bonchev–Trinajstić information content (AvgIpc) is 2.36. The number of carbonyl (C=O) groups excluding carboxylic acids is 1. The Balaban J connectivity index is 3.24. The molecular formula is C15H23BrO3Si. The van der Waals surface area contributed by atoms with Crippen molar-refractivity contribution in [2.24, 2.45) is 0 Å². The van der Waals surface area contributed by atoms with Gasteiger partial charge in [-0.1, -0.05) is 42.8 Å². The van der Waals surface area contributed by atoms with Gasteiger partial charge in [-0.2, -0.15) is 0 Å². The molecule has 20 heavy (non-hydrogen) atoms. The number of hydrogen-bond acceptors (Lipinski definition) is 3. The Morgan fingerprint density at radius 2 is 1.90 bits per heavy atom. The Kier molecular flexibility index (Phi) is 5.44. The fourth-order valence-corrected chi connectivity index (χ4v) is 2.81. The number of rotatable bonds is 4. The summed E-state index contributed by atoms with van der Waals surface area (Å²) in [4.78, 5) is 11.9. The summed E-state index contributed by atoms with van der Waals surface area (Å²) in [6.45, 7) is 10.8. The molecule has 0 spiro atoms. The predicted octanol–water partition coefficient (Wildman–Crippen LogP) is 4.75. The smallest absolute Gasteiger partial charge is 0.341 e. The van der Waals surface area contributed by atoms with E-state index in [9.17, 15) is 4.79 Å². The summed E-state index contributed by atoms with van der Waals surface area (Å²) in [5.74, 6) is 0.264. The van der Waals surface area contributed by atoms with Crippen LogP contribution in [-0.2, 0) is 10.1 Å². The van der Waals surface area contributed by atoms with Gasteiger partial charge in [0, 0.05) is 5.33 Å². The quantitative estimate of drug-likeness (QED) is 0.442. The first kappa shape index (κ1) is 17.2. The molecule has 112 valence electrons. The highest BCUT2D eigenvalue weighted by Gasteiger charge is 2.39. The molecule has 0 aliphatic heterocycles. The monoisotopic (exact) mass is 358 g/mol. The van der Waals surface area contributed by atoms with E-state index in [2.05, 4.69) is 49.8 Å². The molecule has 0 aliphatic carbocycles. The zero-order chi connectivity index (χ0) is 15.6. The molecule has 0 atom stereocenters. The number of ether oxygens (including phenoxy) is 1. The third-order valence-corrected chi connectivity index (χ3v) is 8.77. The Bertz CT molecular complexity index is 492. The molecule has 0 aliphatic rings. The van der Waals surface area contributed by atoms with Gasteiger partial charge in [-0.3, -0.25) is 0 Å². The van der Waals surface area contributed by atoms with Gasteiger partial charge in [0.1, 0.15) is 11.3 Å². The summed E-state index contributed by atoms with van der Waals surface area (Å²) in [7, 11) is -0.609. The van der Waals surface area contributed by atoms with Crippen molar-refractivity contribution in [1.82, 2.24) is 0 Å². The van der Waals surface area contributed by atoms with Crippen LogP contribution < -0.4 is 4.43 Å². The highest BCUT2D eigenvalue weighted by molar-refractivity contribution is 9.08. The molecule has 0 aromatic heterocycles. The lowest BCUT2D eigenvalue weighted by Gasteiger charge is -2.37. The maximum Gasteiger partial charge on any atom is 0.341 e. The lowest BCUT2D eigenvalue weighted by atomic mass is 10.1. The number of halogens is 1. The molecule has 3 nitrogen and oxygen atoms in total. The van der Waals surface area contributed by atoms with Gasteiger partial charge in [-0.25, -0.2) is 4.79 Å². The Morgan fingerprint density at radius 3 is 2.35 bits per heavy atom. The summed E-state index contributed by atoms with van der Waals surface area (Å²) in [5.41, 5.74) is 1.56. The van der Waals surface area contributed by atoms with Gasteiger partial charge in [-0.05, 0) is 35.8 Å². The second kappa shape index (κ2) is 6.31. The van der Waals surface area contributed by atoms with Gasteiger partial charge in [0.25, 0.3) is 8.32 Å². The summed E-state index contributed by atoms with van der Waals surface area (Å²) in [6, 6.07) is 5.59. The Labute approximate surface area is 130 Å².